The first-order chi connectivity index (χ1) is 1.00. The molecule has 0 saturated heterocycles. The van der Waals surface area contributed by atoms with Crippen LogP contribution >= 0.6 is 49.6 Å². The van der Waals surface area contributed by atoms with Crippen LogP contribution in [0.3, 0.4) is 0 Å². The first-order valence-electron chi connectivity index (χ1n) is 1.00. The molecule has 0 saturated carbocycles. The molecular weight excluding hydrogens is 163 g/mol. The summed E-state index contributed by atoms with van der Waals surface area (Å²) in [5, 5.41) is 0. The normalized spacial score (nSPS) is 0.667. The third-order valence-corrected chi connectivity index (χ3v) is 0. The van der Waals surface area contributed by atoms with Crippen LogP contribution in [0.25, 0.3) is 0 Å². The van der Waals surface area contributed by atoms with Gasteiger partial charge in [-0.1, -0.05) is 0 Å². The molecule has 0 bridgehead atoms. The van der Waals surface area contributed by atoms with Crippen molar-refractivity contribution in [2.24, 2.45) is 0 Å². The lowest BCUT2D eigenvalue weighted by Crippen LogP contribution is -1.38. The van der Waals surface area contributed by atoms with Gasteiger partial charge in [-0.05, 0) is 0 Å². The summed E-state index contributed by atoms with van der Waals surface area (Å²) in [6.45, 7) is 0. The van der Waals surface area contributed by atoms with Crippen molar-refractivity contribution >= 4 is 65.1 Å². The van der Waals surface area contributed by atoms with Crippen molar-refractivity contribution in [2.75, 3.05) is 0 Å². The van der Waals surface area contributed by atoms with Crippen LogP contribution in [-0.2, 0) is 0 Å². The summed E-state index contributed by atoms with van der Waals surface area (Å²) in [5.41, 5.74) is 0. The van der Waals surface area contributed by atoms with Gasteiger partial charge in [0.25, 0.3) is 0 Å². The van der Waals surface area contributed by atoms with Crippen LogP contribution in [-0.4, -0.2) is 15.5 Å². The zero-order valence-corrected chi connectivity index (χ0v) is 6.90. The van der Waals surface area contributed by atoms with E-state index < -0.39 is 0 Å². The summed E-state index contributed by atoms with van der Waals surface area (Å²) >= 11 is 0. The molecule has 0 aromatic rings. The summed E-state index contributed by atoms with van der Waals surface area (Å²) in [6.07, 6.45) is 0. The molecule has 0 aliphatic carbocycles. The molecule has 0 heterocycles. The van der Waals surface area contributed by atoms with E-state index in [1.165, 1.54) is 0 Å². The van der Waals surface area contributed by atoms with E-state index >= 15 is 0 Å². The van der Waals surface area contributed by atoms with Crippen LogP contribution in [0.2, 0.25) is 0 Å². The van der Waals surface area contributed by atoms with Gasteiger partial charge >= 0.3 is 0 Å². The van der Waals surface area contributed by atoms with Crippen molar-refractivity contribution in [2.45, 2.75) is 0 Å². The van der Waals surface area contributed by atoms with Crippen LogP contribution in [0.1, 0.15) is 0 Å². The van der Waals surface area contributed by atoms with Gasteiger partial charge in [0.15, 0.2) is 0 Å². The summed E-state index contributed by atoms with van der Waals surface area (Å²) in [4.78, 5) is 0. The lowest BCUT2D eigenvalue weighted by molar-refractivity contribution is 4.75. The second-order valence-corrected chi connectivity index (χ2v) is 0. The van der Waals surface area contributed by atoms with Crippen molar-refractivity contribution in [1.82, 2.24) is 0 Å². The predicted octanol–water partition coefficient (Wildman–Crippen LogP) is -0.145. The maximum absolute atomic E-state index is 2.00. The molecule has 0 amide bonds. The van der Waals surface area contributed by atoms with Crippen molar-refractivity contribution in [3.05, 3.63) is 0 Å². The molecule has 0 N–H and O–H groups in total. The van der Waals surface area contributed by atoms with E-state index in [0.29, 0.717) is 0 Å². The van der Waals surface area contributed by atoms with Gasteiger partial charge in [0, 0.05) is 0 Å². The Morgan fingerprint density at radius 1 is 0.500 bits per heavy atom. The summed E-state index contributed by atoms with van der Waals surface area (Å²) in [6, 6.07) is 0. The van der Waals surface area contributed by atoms with Gasteiger partial charge < -0.3 is 0 Å². The average Bonchev–Trinajstić information content (AvgIpc) is 1.00. The Balaban J connectivity index is -0.000000000833. The Morgan fingerprint density at radius 3 is 0.500 bits per heavy atom. The molecule has 0 aromatic carbocycles. The molecule has 0 aliphatic heterocycles. The number of halogens is 4. The lowest BCUT2D eigenvalue weighted by Gasteiger charge is -0.936. The predicted molar refractivity (Wildman–Crippen MR) is 46.1 cm³/mol. The molecule has 0 unspecified atom stereocenters. The first kappa shape index (κ1) is 55.0. The van der Waals surface area contributed by atoms with Gasteiger partial charge in [0.05, 0.1) is 15.5 Å². The average molecular weight is 172 g/mol. The highest BCUT2D eigenvalue weighted by Gasteiger charge is 1.06. The van der Waals surface area contributed by atoms with Crippen molar-refractivity contribution in [3.63, 3.8) is 0 Å². The monoisotopic (exact) mass is 170 g/mol. The molecule has 0 nitrogen and oxygen atoms in total. The minimum Gasteiger partial charge on any atom is -0.147 e. The Labute approximate surface area is 65.3 Å². The van der Waals surface area contributed by atoms with Crippen LogP contribution in [0.4, 0.5) is 0 Å². The molecule has 0 atom stereocenters. The second-order valence-electron chi connectivity index (χ2n) is 0. The molecule has 0 aromatic heterocycles. The fraction of sp³-hybridized carbons (Fsp3) is 0. The molecular formula is H8B2Cl4. The van der Waals surface area contributed by atoms with E-state index in [-0.39, 0.29) is 49.6 Å². The van der Waals surface area contributed by atoms with Gasteiger partial charge in [-0.25, -0.2) is 0 Å². The Bertz CT molecular complexity index is 5.51. The standard InChI is InChI=1S/B2H4.4ClH/c1-2;;;;/h1-2H2;4*1H. The van der Waals surface area contributed by atoms with E-state index in [9.17, 15) is 0 Å². The zero-order chi connectivity index (χ0) is 2.00. The first-order valence-corrected chi connectivity index (χ1v) is 1.00. The molecule has 0 fully saturated rings. The van der Waals surface area contributed by atoms with E-state index in [0.717, 1.165) is 0 Å². The summed E-state index contributed by atoms with van der Waals surface area (Å²) < 4.78 is 0. The van der Waals surface area contributed by atoms with E-state index in [2.05, 4.69) is 0 Å². The third-order valence-electron chi connectivity index (χ3n) is 0. The van der Waals surface area contributed by atoms with Gasteiger partial charge in [0.1, 0.15) is 0 Å². The van der Waals surface area contributed by atoms with Gasteiger partial charge in [0.2, 0.25) is 0 Å². The fourth-order valence-corrected chi connectivity index (χ4v) is 0. The van der Waals surface area contributed by atoms with Crippen LogP contribution in [0.5, 0.6) is 0 Å². The Morgan fingerprint density at radius 2 is 0.500 bits per heavy atom. The molecule has 0 spiro atoms. The number of hydrogen-bond donors (Lipinski definition) is 0. The highest BCUT2D eigenvalue weighted by Crippen LogP contribution is 0.693. The number of hydrogen-bond acceptors (Lipinski definition) is 0. The molecule has 42 valence electrons. The quantitative estimate of drug-likeness (QED) is 0.445. The van der Waals surface area contributed by atoms with Crippen molar-refractivity contribution in [3.8, 4) is 0 Å². The molecule has 0 rings (SSSR count). The summed E-state index contributed by atoms with van der Waals surface area (Å²) in [5.74, 6) is 0. The van der Waals surface area contributed by atoms with Gasteiger partial charge in [-0.15, -0.1) is 49.6 Å². The van der Waals surface area contributed by atoms with E-state index in [1.807, 2.05) is 15.5 Å². The fourth-order valence-electron chi connectivity index (χ4n) is 0. The zero-order valence-electron chi connectivity index (χ0n) is 3.63. The SMILES string of the molecule is BB.Cl.Cl.Cl.Cl. The van der Waals surface area contributed by atoms with Crippen LogP contribution < -0.4 is 0 Å². The minimum absolute atomic E-state index is 0. The third kappa shape index (κ3) is 58.5. The maximum Gasteiger partial charge on any atom is 0.0643 e. The number of rotatable bonds is 0. The maximum atomic E-state index is 2.00. The smallest absolute Gasteiger partial charge is 0.0643 e. The summed E-state index contributed by atoms with van der Waals surface area (Å²) in [7, 11) is 4.00. The van der Waals surface area contributed by atoms with Crippen molar-refractivity contribution < 1.29 is 0 Å². The van der Waals surface area contributed by atoms with E-state index in [1.54, 1.807) is 0 Å². The molecule has 6 heavy (non-hydrogen) atoms. The van der Waals surface area contributed by atoms with E-state index in [4.69, 9.17) is 0 Å². The lowest BCUT2D eigenvalue weighted by atomic mass is 9.81. The van der Waals surface area contributed by atoms with Gasteiger partial charge in [-0.2, -0.15) is 0 Å². The molecule has 0 radical (unpaired) electrons. The largest absolute Gasteiger partial charge is 0.147 e. The highest BCUT2D eigenvalue weighted by atomic mass is 35.5. The molecule has 6 heteroatoms. The topological polar surface area (TPSA) is 0 Å². The molecule has 0 aliphatic rings. The Hall–Kier alpha value is 1.29. The van der Waals surface area contributed by atoms with Gasteiger partial charge in [-0.3, -0.25) is 0 Å². The minimum atomic E-state index is 0. The van der Waals surface area contributed by atoms with Crippen molar-refractivity contribution in [1.29, 1.82) is 0 Å². The Kier molecular flexibility index (Phi) is 970. The second kappa shape index (κ2) is 106. The van der Waals surface area contributed by atoms with Crippen LogP contribution in [0.15, 0.2) is 0 Å². The highest BCUT2D eigenvalue weighted by molar-refractivity contribution is 6.75. The van der Waals surface area contributed by atoms with Crippen LogP contribution in [0, 0.1) is 0 Å².